The van der Waals surface area contributed by atoms with E-state index in [1.54, 1.807) is 0 Å². The smallest absolute Gasteiger partial charge is 0.119 e. The van der Waals surface area contributed by atoms with Crippen LogP contribution in [0.3, 0.4) is 0 Å². The summed E-state index contributed by atoms with van der Waals surface area (Å²) in [5.41, 5.74) is 0. The van der Waals surface area contributed by atoms with E-state index in [0.29, 0.717) is 25.2 Å². The Morgan fingerprint density at radius 2 is 1.85 bits per heavy atom. The summed E-state index contributed by atoms with van der Waals surface area (Å²) in [6, 6.07) is 8.81. The molecule has 112 valence electrons. The highest BCUT2D eigenvalue weighted by molar-refractivity contribution is 9.10. The van der Waals surface area contributed by atoms with Gasteiger partial charge in [-0.2, -0.15) is 0 Å². The van der Waals surface area contributed by atoms with Crippen LogP contribution in [-0.4, -0.2) is 41.3 Å². The maximum Gasteiger partial charge on any atom is 0.119 e. The zero-order valence-corrected chi connectivity index (χ0v) is 13.8. The third-order valence-electron chi connectivity index (χ3n) is 4.05. The topological polar surface area (TPSA) is 32.7 Å². The SMILES string of the molecule is C[C@H]1CCC[C@H](C)N1C[C@H](O)COc1ccc(Br)cc1. The molecule has 3 nitrogen and oxygen atoms in total. The molecule has 0 saturated carbocycles. The number of halogens is 1. The first-order valence-electron chi connectivity index (χ1n) is 7.38. The first-order valence-corrected chi connectivity index (χ1v) is 8.17. The summed E-state index contributed by atoms with van der Waals surface area (Å²) in [6.07, 6.45) is 3.31. The molecule has 20 heavy (non-hydrogen) atoms. The summed E-state index contributed by atoms with van der Waals surface area (Å²) in [6.45, 7) is 5.53. The number of benzene rings is 1. The van der Waals surface area contributed by atoms with Gasteiger partial charge >= 0.3 is 0 Å². The van der Waals surface area contributed by atoms with Gasteiger partial charge in [0.1, 0.15) is 18.5 Å². The quantitative estimate of drug-likeness (QED) is 0.890. The van der Waals surface area contributed by atoms with Crippen LogP contribution >= 0.6 is 15.9 Å². The Morgan fingerprint density at radius 3 is 2.45 bits per heavy atom. The highest BCUT2D eigenvalue weighted by Gasteiger charge is 2.26. The lowest BCUT2D eigenvalue weighted by molar-refractivity contribution is 0.0209. The molecule has 0 aliphatic carbocycles. The monoisotopic (exact) mass is 341 g/mol. The Morgan fingerprint density at radius 1 is 1.25 bits per heavy atom. The summed E-state index contributed by atoms with van der Waals surface area (Å²) in [4.78, 5) is 2.40. The predicted molar refractivity (Wildman–Crippen MR) is 85.1 cm³/mol. The van der Waals surface area contributed by atoms with E-state index in [-0.39, 0.29) is 0 Å². The second-order valence-corrected chi connectivity index (χ2v) is 6.66. The molecule has 4 heteroatoms. The lowest BCUT2D eigenvalue weighted by atomic mass is 9.97. The van der Waals surface area contributed by atoms with E-state index in [1.807, 2.05) is 24.3 Å². The number of ether oxygens (including phenoxy) is 1. The number of β-amino-alcohol motifs (C(OH)–C–C–N with tert-alkyl or cyclic N) is 1. The molecule has 1 saturated heterocycles. The molecule has 0 radical (unpaired) electrons. The summed E-state index contributed by atoms with van der Waals surface area (Å²) in [5.74, 6) is 0.798. The van der Waals surface area contributed by atoms with Gasteiger partial charge in [-0.15, -0.1) is 0 Å². The van der Waals surface area contributed by atoms with Crippen molar-refractivity contribution in [3.8, 4) is 5.75 Å². The van der Waals surface area contributed by atoms with Crippen molar-refractivity contribution in [3.63, 3.8) is 0 Å². The van der Waals surface area contributed by atoms with Crippen molar-refractivity contribution in [3.05, 3.63) is 28.7 Å². The van der Waals surface area contributed by atoms with Gasteiger partial charge < -0.3 is 9.84 Å². The van der Waals surface area contributed by atoms with Crippen molar-refractivity contribution in [1.29, 1.82) is 0 Å². The maximum atomic E-state index is 10.2. The molecule has 3 atom stereocenters. The number of hydrogen-bond acceptors (Lipinski definition) is 3. The van der Waals surface area contributed by atoms with E-state index >= 15 is 0 Å². The van der Waals surface area contributed by atoms with Crippen LogP contribution in [0.25, 0.3) is 0 Å². The van der Waals surface area contributed by atoms with E-state index < -0.39 is 6.10 Å². The van der Waals surface area contributed by atoms with Gasteiger partial charge in [-0.1, -0.05) is 22.4 Å². The molecule has 1 aliphatic heterocycles. The number of nitrogens with zero attached hydrogens (tertiary/aromatic N) is 1. The molecule has 2 rings (SSSR count). The van der Waals surface area contributed by atoms with E-state index in [2.05, 4.69) is 34.7 Å². The lowest BCUT2D eigenvalue weighted by Gasteiger charge is -2.40. The van der Waals surface area contributed by atoms with Gasteiger partial charge in [-0.25, -0.2) is 0 Å². The van der Waals surface area contributed by atoms with Gasteiger partial charge in [-0.05, 0) is 51.0 Å². The number of aliphatic hydroxyl groups excluding tert-OH is 1. The van der Waals surface area contributed by atoms with Crippen LogP contribution in [0.1, 0.15) is 33.1 Å². The van der Waals surface area contributed by atoms with E-state index in [1.165, 1.54) is 19.3 Å². The molecule has 0 aromatic heterocycles. The Balaban J connectivity index is 1.79. The largest absolute Gasteiger partial charge is 0.491 e. The molecule has 1 heterocycles. The minimum Gasteiger partial charge on any atom is -0.491 e. The van der Waals surface area contributed by atoms with Gasteiger partial charge in [0.15, 0.2) is 0 Å². The van der Waals surface area contributed by atoms with Crippen LogP contribution in [0.5, 0.6) is 5.75 Å². The molecular formula is C16H24BrNO2. The Bertz CT molecular complexity index is 399. The summed E-state index contributed by atoms with van der Waals surface area (Å²) in [5, 5.41) is 10.2. The van der Waals surface area contributed by atoms with E-state index in [4.69, 9.17) is 4.74 Å². The van der Waals surface area contributed by atoms with Gasteiger partial charge in [0.2, 0.25) is 0 Å². The molecule has 1 aromatic carbocycles. The van der Waals surface area contributed by atoms with Crippen molar-refractivity contribution in [2.75, 3.05) is 13.2 Å². The fourth-order valence-electron chi connectivity index (χ4n) is 2.85. The average Bonchev–Trinajstić information content (AvgIpc) is 2.42. The van der Waals surface area contributed by atoms with Crippen molar-refractivity contribution in [1.82, 2.24) is 4.90 Å². The Kier molecular flexibility index (Phi) is 5.87. The van der Waals surface area contributed by atoms with Crippen LogP contribution in [0.4, 0.5) is 0 Å². The average molecular weight is 342 g/mol. The third-order valence-corrected chi connectivity index (χ3v) is 4.58. The number of aliphatic hydroxyl groups is 1. The maximum absolute atomic E-state index is 10.2. The van der Waals surface area contributed by atoms with Crippen LogP contribution in [-0.2, 0) is 0 Å². The molecule has 1 N–H and O–H groups in total. The Hall–Kier alpha value is -0.580. The summed E-state index contributed by atoms with van der Waals surface area (Å²) >= 11 is 3.39. The molecule has 1 fully saturated rings. The minimum absolute atomic E-state index is 0.345. The first-order chi connectivity index (χ1) is 9.56. The normalized spacial score (nSPS) is 25.4. The van der Waals surface area contributed by atoms with Crippen molar-refractivity contribution in [2.24, 2.45) is 0 Å². The zero-order valence-electron chi connectivity index (χ0n) is 12.3. The highest BCUT2D eigenvalue weighted by atomic mass is 79.9. The molecular weight excluding hydrogens is 318 g/mol. The molecule has 0 amide bonds. The minimum atomic E-state index is -0.443. The number of piperidine rings is 1. The van der Waals surface area contributed by atoms with Gasteiger partial charge in [0, 0.05) is 23.1 Å². The summed E-state index contributed by atoms with van der Waals surface area (Å²) in [7, 11) is 0. The van der Waals surface area contributed by atoms with Crippen molar-refractivity contribution < 1.29 is 9.84 Å². The number of hydrogen-bond donors (Lipinski definition) is 1. The van der Waals surface area contributed by atoms with Gasteiger partial charge in [-0.3, -0.25) is 4.90 Å². The first kappa shape index (κ1) is 15.8. The summed E-state index contributed by atoms with van der Waals surface area (Å²) < 4.78 is 6.67. The van der Waals surface area contributed by atoms with Crippen LogP contribution in [0.2, 0.25) is 0 Å². The third kappa shape index (κ3) is 4.47. The zero-order chi connectivity index (χ0) is 14.5. The molecule has 1 aliphatic rings. The molecule has 0 spiro atoms. The predicted octanol–water partition coefficient (Wildman–Crippen LogP) is 3.45. The van der Waals surface area contributed by atoms with Crippen LogP contribution in [0.15, 0.2) is 28.7 Å². The van der Waals surface area contributed by atoms with Gasteiger partial charge in [0.25, 0.3) is 0 Å². The van der Waals surface area contributed by atoms with Crippen LogP contribution in [0, 0.1) is 0 Å². The lowest BCUT2D eigenvalue weighted by Crippen LogP contribution is -2.48. The van der Waals surface area contributed by atoms with E-state index in [9.17, 15) is 5.11 Å². The Labute approximate surface area is 130 Å². The molecule has 0 bridgehead atoms. The number of rotatable bonds is 5. The van der Waals surface area contributed by atoms with Crippen molar-refractivity contribution >= 4 is 15.9 Å². The fourth-order valence-corrected chi connectivity index (χ4v) is 3.12. The van der Waals surface area contributed by atoms with Gasteiger partial charge in [0.05, 0.1) is 0 Å². The van der Waals surface area contributed by atoms with E-state index in [0.717, 1.165) is 10.2 Å². The fraction of sp³-hybridized carbons (Fsp3) is 0.625. The number of likely N-dealkylation sites (tertiary alicyclic amines) is 1. The second-order valence-electron chi connectivity index (χ2n) is 5.74. The van der Waals surface area contributed by atoms with Crippen molar-refractivity contribution in [2.45, 2.75) is 51.3 Å². The second kappa shape index (κ2) is 7.43. The standard InChI is InChI=1S/C16H24BrNO2/c1-12-4-3-5-13(2)18(12)10-15(19)11-20-16-8-6-14(17)7-9-16/h6-9,12-13,15,19H,3-5,10-11H2,1-2H3/t12-,13-,15-/m0/s1. The molecule has 1 aromatic rings. The molecule has 0 unspecified atom stereocenters. The van der Waals surface area contributed by atoms with Crippen LogP contribution < -0.4 is 4.74 Å². The highest BCUT2D eigenvalue weighted by Crippen LogP contribution is 2.22.